The normalized spacial score (nSPS) is 10.7. The van der Waals surface area contributed by atoms with Crippen LogP contribution < -0.4 is 5.32 Å². The topological polar surface area (TPSA) is 46.9 Å². The molecule has 0 unspecified atom stereocenters. The van der Waals surface area contributed by atoms with Crippen LogP contribution in [0.25, 0.3) is 0 Å². The first-order chi connectivity index (χ1) is 8.40. The Morgan fingerprint density at radius 1 is 1.44 bits per heavy atom. The molecule has 96 valence electrons. The minimum absolute atomic E-state index is 0.120. The van der Waals surface area contributed by atoms with Crippen molar-refractivity contribution in [1.82, 2.24) is 9.78 Å². The third kappa shape index (κ3) is 2.53. The number of halogens is 2. The van der Waals surface area contributed by atoms with E-state index in [0.717, 1.165) is 25.3 Å². The summed E-state index contributed by atoms with van der Waals surface area (Å²) < 4.78 is 3.55. The van der Waals surface area contributed by atoms with Crippen molar-refractivity contribution in [2.75, 3.05) is 5.32 Å². The largest absolute Gasteiger partial charge is 0.318 e. The lowest BCUT2D eigenvalue weighted by molar-refractivity contribution is 0.103. The number of amides is 1. The third-order valence-electron chi connectivity index (χ3n) is 2.62. The summed E-state index contributed by atoms with van der Waals surface area (Å²) in [4.78, 5) is 12.8. The number of thiophene rings is 1. The Kier molecular flexibility index (Phi) is 3.93. The molecule has 0 aliphatic rings. The molecular weight excluding hydrogens is 382 g/mol. The van der Waals surface area contributed by atoms with Crippen LogP contribution in [-0.2, 0) is 7.05 Å². The van der Waals surface area contributed by atoms with Crippen LogP contribution in [-0.4, -0.2) is 15.7 Å². The van der Waals surface area contributed by atoms with Gasteiger partial charge in [0.2, 0.25) is 0 Å². The quantitative estimate of drug-likeness (QED) is 0.842. The Morgan fingerprint density at radius 2 is 2.11 bits per heavy atom. The maximum absolute atomic E-state index is 12.1. The molecule has 0 fully saturated rings. The summed E-state index contributed by atoms with van der Waals surface area (Å²) in [5.41, 5.74) is 2.54. The van der Waals surface area contributed by atoms with Gasteiger partial charge in [0.05, 0.1) is 25.7 Å². The van der Waals surface area contributed by atoms with Gasteiger partial charge in [-0.05, 0) is 51.8 Å². The van der Waals surface area contributed by atoms with E-state index < -0.39 is 0 Å². The van der Waals surface area contributed by atoms with Crippen molar-refractivity contribution in [2.24, 2.45) is 7.05 Å². The minimum atomic E-state index is -0.120. The van der Waals surface area contributed by atoms with Crippen molar-refractivity contribution in [1.29, 1.82) is 0 Å². The number of anilines is 1. The fraction of sp³-hybridized carbons (Fsp3) is 0.273. The molecule has 0 aromatic carbocycles. The van der Waals surface area contributed by atoms with E-state index in [1.807, 2.05) is 20.9 Å². The summed E-state index contributed by atoms with van der Waals surface area (Å²) in [5.74, 6) is -0.120. The van der Waals surface area contributed by atoms with Gasteiger partial charge in [0, 0.05) is 11.5 Å². The van der Waals surface area contributed by atoms with Crippen LogP contribution in [0.3, 0.4) is 0 Å². The number of nitrogens with zero attached hydrogens (tertiary/aromatic N) is 2. The number of aryl methyl sites for hydroxylation is 2. The molecule has 0 aliphatic heterocycles. The Balaban J connectivity index is 2.26. The van der Waals surface area contributed by atoms with E-state index in [2.05, 4.69) is 42.3 Å². The van der Waals surface area contributed by atoms with Crippen molar-refractivity contribution in [3.05, 3.63) is 30.6 Å². The molecule has 2 heterocycles. The second-order valence-electron chi connectivity index (χ2n) is 3.86. The highest BCUT2D eigenvalue weighted by atomic mass is 79.9. The second kappa shape index (κ2) is 5.14. The van der Waals surface area contributed by atoms with Crippen LogP contribution in [0.1, 0.15) is 21.1 Å². The standard InChI is InChI=1S/C11H11Br2N3OS/c1-5-9(6(2)16(3)15-5)14-11(17)8-4-7(12)10(13)18-8/h4H,1-3H3,(H,14,17). The van der Waals surface area contributed by atoms with Crippen LogP contribution in [0, 0.1) is 13.8 Å². The molecule has 2 aromatic rings. The average molecular weight is 393 g/mol. The summed E-state index contributed by atoms with van der Waals surface area (Å²) in [6.45, 7) is 3.80. The third-order valence-corrected chi connectivity index (χ3v) is 5.87. The van der Waals surface area contributed by atoms with Crippen LogP contribution in [0.15, 0.2) is 14.3 Å². The molecule has 0 saturated heterocycles. The zero-order chi connectivity index (χ0) is 13.4. The van der Waals surface area contributed by atoms with Gasteiger partial charge in [0.25, 0.3) is 5.91 Å². The fourth-order valence-corrected chi connectivity index (χ4v) is 3.52. The minimum Gasteiger partial charge on any atom is -0.318 e. The number of carbonyl (C=O) groups excluding carboxylic acids is 1. The Hall–Kier alpha value is -0.660. The fourth-order valence-electron chi connectivity index (χ4n) is 1.59. The Bertz CT molecular complexity index is 599. The first kappa shape index (κ1) is 13.8. The monoisotopic (exact) mass is 391 g/mol. The molecule has 2 rings (SSSR count). The molecular formula is C11H11Br2N3OS. The van der Waals surface area contributed by atoms with Gasteiger partial charge in [0.1, 0.15) is 0 Å². The van der Waals surface area contributed by atoms with Crippen molar-refractivity contribution < 1.29 is 4.79 Å². The maximum Gasteiger partial charge on any atom is 0.265 e. The summed E-state index contributed by atoms with van der Waals surface area (Å²) in [5, 5.41) is 7.17. The number of hydrogen-bond acceptors (Lipinski definition) is 3. The van der Waals surface area contributed by atoms with E-state index in [4.69, 9.17) is 0 Å². The molecule has 4 nitrogen and oxygen atoms in total. The van der Waals surface area contributed by atoms with Gasteiger partial charge < -0.3 is 5.32 Å². The zero-order valence-electron chi connectivity index (χ0n) is 10.0. The molecule has 18 heavy (non-hydrogen) atoms. The molecule has 0 saturated carbocycles. The highest BCUT2D eigenvalue weighted by Crippen LogP contribution is 2.33. The van der Waals surface area contributed by atoms with E-state index in [9.17, 15) is 4.79 Å². The number of nitrogens with one attached hydrogen (secondary N) is 1. The van der Waals surface area contributed by atoms with Crippen LogP contribution in [0.5, 0.6) is 0 Å². The molecule has 1 N–H and O–H groups in total. The predicted octanol–water partition coefficient (Wildman–Crippen LogP) is 3.88. The number of carbonyl (C=O) groups is 1. The number of aromatic nitrogens is 2. The lowest BCUT2D eigenvalue weighted by Crippen LogP contribution is -2.11. The highest BCUT2D eigenvalue weighted by Gasteiger charge is 2.16. The van der Waals surface area contributed by atoms with E-state index in [1.165, 1.54) is 11.3 Å². The maximum atomic E-state index is 12.1. The molecule has 0 radical (unpaired) electrons. The van der Waals surface area contributed by atoms with E-state index in [-0.39, 0.29) is 5.91 Å². The van der Waals surface area contributed by atoms with Crippen LogP contribution in [0.4, 0.5) is 5.69 Å². The zero-order valence-corrected chi connectivity index (χ0v) is 14.0. The molecule has 0 atom stereocenters. The molecule has 1 amide bonds. The molecule has 0 aliphatic carbocycles. The van der Waals surface area contributed by atoms with Crippen molar-refractivity contribution in [3.8, 4) is 0 Å². The predicted molar refractivity (Wildman–Crippen MR) is 80.4 cm³/mol. The summed E-state index contributed by atoms with van der Waals surface area (Å²) in [7, 11) is 1.86. The van der Waals surface area contributed by atoms with Gasteiger partial charge in [-0.1, -0.05) is 0 Å². The smallest absolute Gasteiger partial charge is 0.265 e. The van der Waals surface area contributed by atoms with Crippen molar-refractivity contribution >= 4 is 54.8 Å². The molecule has 2 aromatic heterocycles. The van der Waals surface area contributed by atoms with Gasteiger partial charge in [0.15, 0.2) is 0 Å². The van der Waals surface area contributed by atoms with E-state index >= 15 is 0 Å². The number of rotatable bonds is 2. The highest BCUT2D eigenvalue weighted by molar-refractivity contribution is 9.13. The van der Waals surface area contributed by atoms with Gasteiger partial charge in [-0.2, -0.15) is 5.10 Å². The van der Waals surface area contributed by atoms with Crippen LogP contribution in [0.2, 0.25) is 0 Å². The van der Waals surface area contributed by atoms with Crippen LogP contribution >= 0.6 is 43.2 Å². The van der Waals surface area contributed by atoms with E-state index in [0.29, 0.717) is 4.88 Å². The SMILES string of the molecule is Cc1nn(C)c(C)c1NC(=O)c1cc(Br)c(Br)s1. The molecule has 0 bridgehead atoms. The summed E-state index contributed by atoms with van der Waals surface area (Å²) in [6.07, 6.45) is 0. The van der Waals surface area contributed by atoms with Gasteiger partial charge >= 0.3 is 0 Å². The first-order valence-electron chi connectivity index (χ1n) is 5.16. The van der Waals surface area contributed by atoms with Crippen molar-refractivity contribution in [2.45, 2.75) is 13.8 Å². The Labute approximate surface area is 126 Å². The molecule has 0 spiro atoms. The van der Waals surface area contributed by atoms with Gasteiger partial charge in [-0.25, -0.2) is 0 Å². The van der Waals surface area contributed by atoms with E-state index in [1.54, 1.807) is 10.7 Å². The Morgan fingerprint density at radius 3 is 2.56 bits per heavy atom. The van der Waals surface area contributed by atoms with Crippen molar-refractivity contribution in [3.63, 3.8) is 0 Å². The second-order valence-corrected chi connectivity index (χ2v) is 7.08. The number of hydrogen-bond donors (Lipinski definition) is 1. The molecule has 7 heteroatoms. The summed E-state index contributed by atoms with van der Waals surface area (Å²) >= 11 is 8.14. The van der Waals surface area contributed by atoms with Gasteiger partial charge in [-0.15, -0.1) is 11.3 Å². The lowest BCUT2D eigenvalue weighted by Gasteiger charge is -2.03. The summed E-state index contributed by atoms with van der Waals surface area (Å²) in [6, 6.07) is 1.80. The first-order valence-corrected chi connectivity index (χ1v) is 7.56. The van der Waals surface area contributed by atoms with Gasteiger partial charge in [-0.3, -0.25) is 9.48 Å². The lowest BCUT2D eigenvalue weighted by atomic mass is 10.3. The average Bonchev–Trinajstić information content (AvgIpc) is 2.75.